The lowest BCUT2D eigenvalue weighted by atomic mass is 10.0. The highest BCUT2D eigenvalue weighted by atomic mass is 19.1. The fraction of sp³-hybridized carbons (Fsp3) is 0.429. The number of anilines is 1. The van der Waals surface area contributed by atoms with Crippen molar-refractivity contribution >= 4 is 5.69 Å². The van der Waals surface area contributed by atoms with Crippen molar-refractivity contribution in [3.8, 4) is 0 Å². The first-order valence-corrected chi connectivity index (χ1v) is 9.21. The van der Waals surface area contributed by atoms with Crippen LogP contribution < -0.4 is 4.90 Å². The third-order valence-corrected chi connectivity index (χ3v) is 5.56. The topological polar surface area (TPSA) is 6.48 Å². The summed E-state index contributed by atoms with van der Waals surface area (Å²) in [5.41, 5.74) is 3.63. The predicted octanol–water partition coefficient (Wildman–Crippen LogP) is 4.03. The lowest BCUT2D eigenvalue weighted by molar-refractivity contribution is 0.212. The molecule has 0 saturated carbocycles. The van der Waals surface area contributed by atoms with Crippen LogP contribution in [0.3, 0.4) is 0 Å². The number of para-hydroxylation sites is 1. The van der Waals surface area contributed by atoms with Gasteiger partial charge in [0.05, 0.1) is 0 Å². The maximum Gasteiger partial charge on any atom is 0.126 e. The molecule has 2 heterocycles. The van der Waals surface area contributed by atoms with E-state index in [0.717, 1.165) is 57.1 Å². The maximum absolute atomic E-state index is 13.3. The minimum atomic E-state index is -0.485. The molecule has 25 heavy (non-hydrogen) atoms. The first-order valence-electron chi connectivity index (χ1n) is 9.21. The molecule has 0 aromatic heterocycles. The van der Waals surface area contributed by atoms with Crippen molar-refractivity contribution in [2.24, 2.45) is 0 Å². The van der Waals surface area contributed by atoms with Gasteiger partial charge in [-0.25, -0.2) is 8.78 Å². The van der Waals surface area contributed by atoms with Crippen molar-refractivity contribution in [3.05, 3.63) is 65.2 Å². The molecule has 132 valence electrons. The molecule has 1 fully saturated rings. The highest BCUT2D eigenvalue weighted by molar-refractivity contribution is 5.58. The van der Waals surface area contributed by atoms with E-state index >= 15 is 0 Å². The number of fused-ring (bicyclic) bond motifs is 1. The van der Waals surface area contributed by atoms with Gasteiger partial charge in [-0.3, -0.25) is 0 Å². The van der Waals surface area contributed by atoms with Crippen LogP contribution in [0.25, 0.3) is 0 Å². The van der Waals surface area contributed by atoms with Gasteiger partial charge in [-0.05, 0) is 55.0 Å². The molecule has 0 bridgehead atoms. The molecule has 0 amide bonds. The number of benzene rings is 2. The van der Waals surface area contributed by atoms with E-state index < -0.39 is 11.6 Å². The number of halogens is 2. The van der Waals surface area contributed by atoms with Gasteiger partial charge in [0.1, 0.15) is 11.6 Å². The van der Waals surface area contributed by atoms with Gasteiger partial charge in [0, 0.05) is 44.0 Å². The second kappa shape index (κ2) is 7.12. The van der Waals surface area contributed by atoms with Crippen molar-refractivity contribution in [1.29, 1.82) is 0 Å². The number of hydrogen-bond donors (Lipinski definition) is 0. The normalized spacial score (nSPS) is 18.6. The smallest absolute Gasteiger partial charge is 0.126 e. The summed E-state index contributed by atoms with van der Waals surface area (Å²) in [5, 5.41) is 0. The summed E-state index contributed by atoms with van der Waals surface area (Å²) in [6.07, 6.45) is 4.17. The summed E-state index contributed by atoms with van der Waals surface area (Å²) in [5.74, 6) is -0.970. The Morgan fingerprint density at radius 2 is 1.64 bits per heavy atom. The monoisotopic (exact) mass is 342 g/mol. The molecule has 2 aromatic carbocycles. The predicted molar refractivity (Wildman–Crippen MR) is 97.0 cm³/mol. The summed E-state index contributed by atoms with van der Waals surface area (Å²) in [6.45, 7) is 4.11. The fourth-order valence-corrected chi connectivity index (χ4v) is 4.24. The minimum absolute atomic E-state index is 0.485. The van der Waals surface area contributed by atoms with Crippen molar-refractivity contribution in [2.75, 3.05) is 31.1 Å². The second-order valence-electron chi connectivity index (χ2n) is 7.17. The Bertz CT molecular complexity index is 718. The van der Waals surface area contributed by atoms with E-state index in [0.29, 0.717) is 12.5 Å². The van der Waals surface area contributed by atoms with Gasteiger partial charge in [-0.1, -0.05) is 18.2 Å². The van der Waals surface area contributed by atoms with Crippen molar-refractivity contribution < 1.29 is 8.78 Å². The van der Waals surface area contributed by atoms with E-state index in [1.807, 2.05) is 0 Å². The fourth-order valence-electron chi connectivity index (χ4n) is 4.24. The summed E-state index contributed by atoms with van der Waals surface area (Å²) in [7, 11) is 0. The van der Waals surface area contributed by atoms with Crippen LogP contribution in [0.4, 0.5) is 14.5 Å². The van der Waals surface area contributed by atoms with Gasteiger partial charge >= 0.3 is 0 Å². The lowest BCUT2D eigenvalue weighted by Crippen LogP contribution is -2.45. The quantitative estimate of drug-likeness (QED) is 0.828. The number of hydrogen-bond acceptors (Lipinski definition) is 2. The van der Waals surface area contributed by atoms with E-state index in [4.69, 9.17) is 0 Å². The first kappa shape index (κ1) is 16.5. The highest BCUT2D eigenvalue weighted by Crippen LogP contribution is 2.32. The average molecular weight is 342 g/mol. The average Bonchev–Trinajstić information content (AvgIpc) is 3.04. The zero-order valence-electron chi connectivity index (χ0n) is 14.4. The molecular formula is C21H24F2N2. The molecule has 0 atom stereocenters. The van der Waals surface area contributed by atoms with E-state index in [9.17, 15) is 8.78 Å². The van der Waals surface area contributed by atoms with Crippen LogP contribution in [0.5, 0.6) is 0 Å². The highest BCUT2D eigenvalue weighted by Gasteiger charge is 2.28. The summed E-state index contributed by atoms with van der Waals surface area (Å²) < 4.78 is 26.6. The molecule has 0 unspecified atom stereocenters. The van der Waals surface area contributed by atoms with Gasteiger partial charge in [0.25, 0.3) is 0 Å². The Morgan fingerprint density at radius 3 is 2.40 bits per heavy atom. The molecule has 0 radical (unpaired) electrons. The SMILES string of the molecule is Fc1cc(F)cc(CCN2CCC(N3CCc4ccccc43)CC2)c1. The van der Waals surface area contributed by atoms with Crippen molar-refractivity contribution in [3.63, 3.8) is 0 Å². The van der Waals surface area contributed by atoms with E-state index in [1.165, 1.54) is 23.4 Å². The van der Waals surface area contributed by atoms with Crippen molar-refractivity contribution in [2.45, 2.75) is 31.7 Å². The van der Waals surface area contributed by atoms with E-state index in [1.54, 1.807) is 0 Å². The van der Waals surface area contributed by atoms with Gasteiger partial charge < -0.3 is 9.80 Å². The lowest BCUT2D eigenvalue weighted by Gasteiger charge is -2.38. The van der Waals surface area contributed by atoms with Crippen LogP contribution in [-0.2, 0) is 12.8 Å². The molecule has 2 aromatic rings. The largest absolute Gasteiger partial charge is 0.368 e. The Hall–Kier alpha value is -1.94. The first-order chi connectivity index (χ1) is 12.2. The molecular weight excluding hydrogens is 318 g/mol. The van der Waals surface area contributed by atoms with Gasteiger partial charge in [0.15, 0.2) is 0 Å². The standard InChI is InChI=1S/C21H24F2N2/c22-18-13-16(14-19(23)15-18)5-9-24-10-7-20(8-11-24)25-12-6-17-3-1-2-4-21(17)25/h1-4,13-15,20H,5-12H2. The molecule has 4 heteroatoms. The summed E-state index contributed by atoms with van der Waals surface area (Å²) in [6, 6.07) is 13.2. The molecule has 2 nitrogen and oxygen atoms in total. The molecule has 0 N–H and O–H groups in total. The molecule has 4 rings (SSSR count). The second-order valence-corrected chi connectivity index (χ2v) is 7.17. The Balaban J connectivity index is 1.30. The summed E-state index contributed by atoms with van der Waals surface area (Å²) in [4.78, 5) is 5.00. The molecule has 2 aliphatic heterocycles. The molecule has 0 spiro atoms. The third-order valence-electron chi connectivity index (χ3n) is 5.56. The molecule has 2 aliphatic rings. The van der Waals surface area contributed by atoms with Crippen LogP contribution in [0.1, 0.15) is 24.0 Å². The maximum atomic E-state index is 13.3. The number of likely N-dealkylation sites (tertiary alicyclic amines) is 1. The molecule has 0 aliphatic carbocycles. The van der Waals surface area contributed by atoms with Crippen molar-refractivity contribution in [1.82, 2.24) is 4.90 Å². The van der Waals surface area contributed by atoms with Gasteiger partial charge in [-0.15, -0.1) is 0 Å². The van der Waals surface area contributed by atoms with Crippen LogP contribution in [0.15, 0.2) is 42.5 Å². The van der Waals surface area contributed by atoms with Gasteiger partial charge in [0.2, 0.25) is 0 Å². The zero-order valence-corrected chi connectivity index (χ0v) is 14.4. The Morgan fingerprint density at radius 1 is 0.920 bits per heavy atom. The van der Waals surface area contributed by atoms with Crippen LogP contribution in [0, 0.1) is 11.6 Å². The minimum Gasteiger partial charge on any atom is -0.368 e. The molecule has 1 saturated heterocycles. The number of piperidine rings is 1. The van der Waals surface area contributed by atoms with E-state index in [-0.39, 0.29) is 0 Å². The summed E-state index contributed by atoms with van der Waals surface area (Å²) >= 11 is 0. The van der Waals surface area contributed by atoms with Crippen LogP contribution >= 0.6 is 0 Å². The van der Waals surface area contributed by atoms with Gasteiger partial charge in [-0.2, -0.15) is 0 Å². The third kappa shape index (κ3) is 3.69. The number of nitrogens with zero attached hydrogens (tertiary/aromatic N) is 2. The Labute approximate surface area is 148 Å². The van der Waals surface area contributed by atoms with Crippen LogP contribution in [-0.4, -0.2) is 37.1 Å². The van der Waals surface area contributed by atoms with E-state index in [2.05, 4.69) is 34.1 Å². The Kier molecular flexibility index (Phi) is 4.71. The zero-order chi connectivity index (χ0) is 17.2. The number of rotatable bonds is 4. The van der Waals surface area contributed by atoms with Crippen LogP contribution in [0.2, 0.25) is 0 Å².